The van der Waals surface area contributed by atoms with Crippen LogP contribution in [0.3, 0.4) is 0 Å². The summed E-state index contributed by atoms with van der Waals surface area (Å²) in [5.74, 6) is -1.81. The predicted molar refractivity (Wildman–Crippen MR) is 127 cm³/mol. The Morgan fingerprint density at radius 3 is 2.51 bits per heavy atom. The van der Waals surface area contributed by atoms with E-state index in [0.29, 0.717) is 22.7 Å². The van der Waals surface area contributed by atoms with Crippen LogP contribution in [-0.2, 0) is 12.1 Å². The minimum Gasteiger partial charge on any atom is -0.381 e. The number of nitro groups is 1. The molecule has 0 amide bonds. The van der Waals surface area contributed by atoms with Gasteiger partial charge in [-0.2, -0.15) is 10.2 Å². The van der Waals surface area contributed by atoms with Crippen molar-refractivity contribution in [3.63, 3.8) is 0 Å². The summed E-state index contributed by atoms with van der Waals surface area (Å²) in [6.45, 7) is 1.18. The van der Waals surface area contributed by atoms with Crippen molar-refractivity contribution >= 4 is 11.2 Å². The van der Waals surface area contributed by atoms with E-state index in [0.717, 1.165) is 16.8 Å². The van der Waals surface area contributed by atoms with Crippen molar-refractivity contribution in [2.45, 2.75) is 25.1 Å². The lowest BCUT2D eigenvalue weighted by Gasteiger charge is -2.34. The van der Waals surface area contributed by atoms with Crippen molar-refractivity contribution in [1.82, 2.24) is 28.9 Å². The van der Waals surface area contributed by atoms with Gasteiger partial charge in [-0.3, -0.25) is 14.5 Å². The first-order chi connectivity index (χ1) is 17.7. The molecule has 0 radical (unpaired) electrons. The van der Waals surface area contributed by atoms with Crippen LogP contribution in [0.2, 0.25) is 0 Å². The average Bonchev–Trinajstić information content (AvgIpc) is 3.54. The van der Waals surface area contributed by atoms with Crippen molar-refractivity contribution in [3.05, 3.63) is 111 Å². The van der Waals surface area contributed by atoms with E-state index in [1.807, 2.05) is 0 Å². The normalized spacial score (nSPS) is 13.9. The summed E-state index contributed by atoms with van der Waals surface area (Å²) in [5, 5.41) is 30.9. The first-order valence-corrected chi connectivity index (χ1v) is 11.0. The smallest absolute Gasteiger partial charge is 0.349 e. The van der Waals surface area contributed by atoms with E-state index >= 15 is 0 Å². The summed E-state index contributed by atoms with van der Waals surface area (Å²) in [6.07, 6.45) is 5.51. The first kappa shape index (κ1) is 23.9. The maximum atomic E-state index is 14.9. The highest BCUT2D eigenvalue weighted by Crippen LogP contribution is 2.36. The van der Waals surface area contributed by atoms with Gasteiger partial charge in [0, 0.05) is 35.5 Å². The molecule has 37 heavy (non-hydrogen) atoms. The Labute approximate surface area is 207 Å². The van der Waals surface area contributed by atoms with Gasteiger partial charge < -0.3 is 5.11 Å². The molecular weight excluding hydrogens is 488 g/mol. The third-order valence-corrected chi connectivity index (χ3v) is 6.30. The number of nitro benzene ring substituents is 1. The Kier molecular flexibility index (Phi) is 5.84. The van der Waals surface area contributed by atoms with Crippen LogP contribution < -0.4 is 5.69 Å². The van der Waals surface area contributed by atoms with Crippen LogP contribution in [0, 0.1) is 21.7 Å². The van der Waals surface area contributed by atoms with Crippen LogP contribution in [0.5, 0.6) is 0 Å². The summed E-state index contributed by atoms with van der Waals surface area (Å²) >= 11 is 0. The highest BCUT2D eigenvalue weighted by atomic mass is 19.1. The second kappa shape index (κ2) is 9.02. The van der Waals surface area contributed by atoms with Crippen LogP contribution in [-0.4, -0.2) is 39.0 Å². The molecule has 5 aromatic rings. The van der Waals surface area contributed by atoms with E-state index in [1.54, 1.807) is 24.4 Å². The van der Waals surface area contributed by atoms with Crippen LogP contribution in [0.4, 0.5) is 14.5 Å². The van der Waals surface area contributed by atoms with Gasteiger partial charge in [-0.1, -0.05) is 6.07 Å². The Balaban J connectivity index is 1.59. The van der Waals surface area contributed by atoms with Gasteiger partial charge in [0.2, 0.25) is 0 Å². The van der Waals surface area contributed by atoms with Crippen molar-refractivity contribution in [2.75, 3.05) is 0 Å². The molecule has 11 nitrogen and oxygen atoms in total. The number of nitrogens with zero attached hydrogens (tertiary/aromatic N) is 7. The molecule has 1 N–H and O–H groups in total. The molecule has 3 heterocycles. The Morgan fingerprint density at radius 2 is 1.86 bits per heavy atom. The Hall–Kier alpha value is -4.78. The minimum atomic E-state index is -2.08. The molecule has 1 unspecified atom stereocenters. The lowest BCUT2D eigenvalue weighted by atomic mass is 9.86. The van der Waals surface area contributed by atoms with Gasteiger partial charge in [0.05, 0.1) is 29.2 Å². The molecule has 0 aliphatic rings. The number of rotatable bonds is 7. The third kappa shape index (κ3) is 4.25. The monoisotopic (exact) mass is 507 g/mol. The fourth-order valence-electron chi connectivity index (χ4n) is 4.27. The molecule has 0 saturated carbocycles. The fraction of sp³-hybridized carbons (Fsp3) is 0.167. The highest BCUT2D eigenvalue weighted by Gasteiger charge is 2.41. The minimum absolute atomic E-state index is 0.0648. The highest BCUT2D eigenvalue weighted by molar-refractivity contribution is 5.70. The largest absolute Gasteiger partial charge is 0.381 e. The van der Waals surface area contributed by atoms with E-state index in [-0.39, 0.29) is 17.8 Å². The number of fused-ring (bicyclic) bond motifs is 1. The molecule has 2 atom stereocenters. The molecule has 0 saturated heterocycles. The van der Waals surface area contributed by atoms with Crippen LogP contribution in [0.1, 0.15) is 18.5 Å². The van der Waals surface area contributed by atoms with Crippen molar-refractivity contribution in [1.29, 1.82) is 0 Å². The number of non-ortho nitro benzene ring substituents is 1. The molecule has 0 bridgehead atoms. The molecule has 3 aromatic heterocycles. The maximum absolute atomic E-state index is 14.9. The van der Waals surface area contributed by atoms with E-state index < -0.39 is 33.9 Å². The van der Waals surface area contributed by atoms with Crippen LogP contribution in [0.15, 0.2) is 78.4 Å². The zero-order valence-corrected chi connectivity index (χ0v) is 19.3. The molecular formula is C24H19F2N7O4. The fourth-order valence-corrected chi connectivity index (χ4v) is 4.27. The van der Waals surface area contributed by atoms with Gasteiger partial charge in [0.15, 0.2) is 0 Å². The van der Waals surface area contributed by atoms with E-state index in [2.05, 4.69) is 15.2 Å². The van der Waals surface area contributed by atoms with Crippen LogP contribution in [0.25, 0.3) is 16.6 Å². The molecule has 0 aliphatic carbocycles. The van der Waals surface area contributed by atoms with E-state index in [4.69, 9.17) is 0 Å². The number of hydrogen-bond acceptors (Lipinski definition) is 7. The van der Waals surface area contributed by atoms with Gasteiger partial charge in [-0.15, -0.1) is 0 Å². The zero-order chi connectivity index (χ0) is 26.3. The topological polar surface area (TPSA) is 133 Å². The summed E-state index contributed by atoms with van der Waals surface area (Å²) < 4.78 is 32.1. The predicted octanol–water partition coefficient (Wildman–Crippen LogP) is 3.09. The molecule has 5 rings (SSSR count). The van der Waals surface area contributed by atoms with Gasteiger partial charge in [-0.05, 0) is 36.8 Å². The number of halogens is 2. The van der Waals surface area contributed by atoms with Crippen molar-refractivity contribution in [2.24, 2.45) is 0 Å². The number of aliphatic hydroxyl groups is 1. The second-order valence-electron chi connectivity index (χ2n) is 8.52. The molecule has 0 aliphatic heterocycles. The maximum Gasteiger partial charge on any atom is 0.349 e. The summed E-state index contributed by atoms with van der Waals surface area (Å²) in [5.41, 5.74) is -1.32. The summed E-state index contributed by atoms with van der Waals surface area (Å²) in [6, 6.07) is 9.17. The molecule has 0 spiro atoms. The van der Waals surface area contributed by atoms with E-state index in [1.165, 1.54) is 47.0 Å². The summed E-state index contributed by atoms with van der Waals surface area (Å²) in [4.78, 5) is 27.7. The van der Waals surface area contributed by atoms with Gasteiger partial charge in [0.1, 0.15) is 29.9 Å². The van der Waals surface area contributed by atoms with Gasteiger partial charge >= 0.3 is 5.69 Å². The zero-order valence-electron chi connectivity index (χ0n) is 19.3. The van der Waals surface area contributed by atoms with Gasteiger partial charge in [-0.25, -0.2) is 27.9 Å². The van der Waals surface area contributed by atoms with Gasteiger partial charge in [0.25, 0.3) is 5.69 Å². The van der Waals surface area contributed by atoms with Crippen molar-refractivity contribution < 1.29 is 18.8 Å². The Bertz CT molecular complexity index is 1670. The average molecular weight is 507 g/mol. The standard InChI is InChI=1S/C24H19F2N7O4/c1-15(24(35,12-30-14-27-13-29-30)21-7-4-18(25)9-22(21)26)32-23(34)31-11-17(8-20(31)10-28-32)16-2-5-19(6-3-16)33(36)37/h2-11,13-15,35H,12H2,1H3/t15-,24?/m1/s1. The second-order valence-corrected chi connectivity index (χ2v) is 8.52. The molecule has 0 fully saturated rings. The number of hydrogen-bond donors (Lipinski definition) is 1. The quantitative estimate of drug-likeness (QED) is 0.264. The number of benzene rings is 2. The van der Waals surface area contributed by atoms with E-state index in [9.17, 15) is 28.8 Å². The molecule has 2 aromatic carbocycles. The SMILES string of the molecule is C[C@@H](n1ncc2cc(-c3ccc([N+](=O)[O-])cc3)cn2c1=O)C(O)(Cn1cncn1)c1ccc(F)cc1F. The lowest BCUT2D eigenvalue weighted by molar-refractivity contribution is -0.384. The number of aromatic nitrogens is 6. The Morgan fingerprint density at radius 1 is 1.11 bits per heavy atom. The molecule has 13 heteroatoms. The summed E-state index contributed by atoms with van der Waals surface area (Å²) in [7, 11) is 0. The first-order valence-electron chi connectivity index (χ1n) is 11.0. The lowest BCUT2D eigenvalue weighted by Crippen LogP contribution is -2.45. The molecule has 188 valence electrons. The third-order valence-electron chi connectivity index (χ3n) is 6.30. The van der Waals surface area contributed by atoms with Crippen molar-refractivity contribution in [3.8, 4) is 11.1 Å². The van der Waals surface area contributed by atoms with Crippen LogP contribution >= 0.6 is 0 Å².